The fourth-order valence-corrected chi connectivity index (χ4v) is 1.63. The van der Waals surface area contributed by atoms with E-state index in [-0.39, 0.29) is 5.69 Å². The molecular weight excluding hydrogens is 218 g/mol. The van der Waals surface area contributed by atoms with Crippen molar-refractivity contribution in [2.75, 3.05) is 20.6 Å². The van der Waals surface area contributed by atoms with E-state index in [1.807, 2.05) is 19.0 Å². The second kappa shape index (κ2) is 5.82. The highest BCUT2D eigenvalue weighted by Gasteiger charge is 2.14. The molecule has 0 unspecified atom stereocenters. The van der Waals surface area contributed by atoms with E-state index >= 15 is 0 Å². The topological polar surface area (TPSA) is 58.4 Å². The fraction of sp³-hybridized carbons (Fsp3) is 0.667. The summed E-state index contributed by atoms with van der Waals surface area (Å²) in [5, 5.41) is 13.5. The van der Waals surface area contributed by atoms with E-state index in [1.165, 1.54) is 0 Å². The Bertz CT molecular complexity index is 383. The minimum atomic E-state index is -0.911. The van der Waals surface area contributed by atoms with Crippen LogP contribution in [0.3, 0.4) is 0 Å². The van der Waals surface area contributed by atoms with Crippen LogP contribution in [0.15, 0.2) is 6.07 Å². The van der Waals surface area contributed by atoms with Gasteiger partial charge in [-0.2, -0.15) is 5.10 Å². The molecule has 0 aliphatic carbocycles. The largest absolute Gasteiger partial charge is 0.477 e. The zero-order chi connectivity index (χ0) is 13.0. The van der Waals surface area contributed by atoms with Crippen molar-refractivity contribution in [1.82, 2.24) is 14.7 Å². The maximum absolute atomic E-state index is 11.1. The first kappa shape index (κ1) is 13.7. The van der Waals surface area contributed by atoms with Gasteiger partial charge in [0.25, 0.3) is 0 Å². The summed E-state index contributed by atoms with van der Waals surface area (Å²) < 4.78 is 1.58. The van der Waals surface area contributed by atoms with Crippen molar-refractivity contribution < 1.29 is 9.90 Å². The molecule has 1 aromatic heterocycles. The van der Waals surface area contributed by atoms with Crippen molar-refractivity contribution in [3.8, 4) is 0 Å². The van der Waals surface area contributed by atoms with Gasteiger partial charge in [-0.25, -0.2) is 4.79 Å². The summed E-state index contributed by atoms with van der Waals surface area (Å²) in [5.41, 5.74) is 1.14. The van der Waals surface area contributed by atoms with E-state index < -0.39 is 5.97 Å². The van der Waals surface area contributed by atoms with Gasteiger partial charge in [-0.15, -0.1) is 0 Å². The van der Waals surface area contributed by atoms with E-state index in [2.05, 4.69) is 18.9 Å². The molecular formula is C12H21N3O2. The van der Waals surface area contributed by atoms with Crippen molar-refractivity contribution >= 4 is 5.97 Å². The molecule has 5 nitrogen and oxygen atoms in total. The summed E-state index contributed by atoms with van der Waals surface area (Å²) in [6, 6.07) is 1.68. The monoisotopic (exact) mass is 239 g/mol. The van der Waals surface area contributed by atoms with Crippen molar-refractivity contribution in [2.45, 2.75) is 26.8 Å². The van der Waals surface area contributed by atoms with Crippen molar-refractivity contribution in [3.05, 3.63) is 17.5 Å². The van der Waals surface area contributed by atoms with E-state index in [4.69, 9.17) is 5.11 Å². The summed E-state index contributed by atoms with van der Waals surface area (Å²) >= 11 is 0. The molecule has 0 spiro atoms. The molecule has 0 radical (unpaired) electrons. The zero-order valence-corrected chi connectivity index (χ0v) is 11.0. The molecule has 1 aromatic rings. The summed E-state index contributed by atoms with van der Waals surface area (Å²) in [6.45, 7) is 5.58. The average molecular weight is 239 g/mol. The molecule has 0 aliphatic heterocycles. The second-order valence-electron chi connectivity index (χ2n) is 4.95. The van der Waals surface area contributed by atoms with Crippen LogP contribution in [0.1, 0.15) is 30.0 Å². The maximum atomic E-state index is 11.1. The van der Waals surface area contributed by atoms with Crippen LogP contribution < -0.4 is 0 Å². The van der Waals surface area contributed by atoms with Gasteiger partial charge >= 0.3 is 5.97 Å². The first-order chi connectivity index (χ1) is 7.90. The third-order valence-electron chi connectivity index (χ3n) is 2.43. The van der Waals surface area contributed by atoms with Crippen LogP contribution in [-0.4, -0.2) is 46.4 Å². The Labute approximate surface area is 102 Å². The first-order valence-electron chi connectivity index (χ1n) is 5.85. The van der Waals surface area contributed by atoms with Gasteiger partial charge in [0.15, 0.2) is 0 Å². The molecule has 0 atom stereocenters. The van der Waals surface area contributed by atoms with Crippen LogP contribution in [0.4, 0.5) is 0 Å². The lowest BCUT2D eigenvalue weighted by atomic mass is 10.1. The van der Waals surface area contributed by atoms with E-state index in [1.54, 1.807) is 10.7 Å². The van der Waals surface area contributed by atoms with Gasteiger partial charge < -0.3 is 10.0 Å². The van der Waals surface area contributed by atoms with Gasteiger partial charge in [-0.3, -0.25) is 4.68 Å². The van der Waals surface area contributed by atoms with Gasteiger partial charge in [0.05, 0.1) is 12.2 Å². The highest BCUT2D eigenvalue weighted by Crippen LogP contribution is 2.10. The quantitative estimate of drug-likeness (QED) is 0.814. The smallest absolute Gasteiger partial charge is 0.354 e. The standard InChI is InChI=1S/C12H21N3O2/c1-9(2)7-10-8-11(12(16)17)15(13-10)6-5-14(3)4/h8-9H,5-7H2,1-4H3,(H,16,17). The normalized spacial score (nSPS) is 11.4. The Morgan fingerprint density at radius 1 is 1.53 bits per heavy atom. The van der Waals surface area contributed by atoms with Crippen molar-refractivity contribution in [1.29, 1.82) is 0 Å². The number of hydrogen-bond donors (Lipinski definition) is 1. The Balaban J connectivity index is 2.85. The molecule has 0 saturated carbocycles. The molecule has 0 amide bonds. The van der Waals surface area contributed by atoms with Crippen molar-refractivity contribution in [2.24, 2.45) is 5.92 Å². The van der Waals surface area contributed by atoms with Crippen LogP contribution >= 0.6 is 0 Å². The van der Waals surface area contributed by atoms with Crippen LogP contribution in [0.25, 0.3) is 0 Å². The molecule has 1 N–H and O–H groups in total. The lowest BCUT2D eigenvalue weighted by molar-refractivity contribution is 0.0682. The molecule has 5 heteroatoms. The number of aromatic nitrogens is 2. The van der Waals surface area contributed by atoms with E-state index in [9.17, 15) is 4.79 Å². The molecule has 0 aromatic carbocycles. The van der Waals surface area contributed by atoms with E-state index in [0.717, 1.165) is 18.7 Å². The Morgan fingerprint density at radius 2 is 2.18 bits per heavy atom. The molecule has 0 fully saturated rings. The summed E-state index contributed by atoms with van der Waals surface area (Å²) in [4.78, 5) is 13.1. The second-order valence-corrected chi connectivity index (χ2v) is 4.95. The maximum Gasteiger partial charge on any atom is 0.354 e. The molecule has 0 aliphatic rings. The van der Waals surface area contributed by atoms with Crippen LogP contribution in [0.2, 0.25) is 0 Å². The minimum absolute atomic E-state index is 0.280. The van der Waals surface area contributed by atoms with Gasteiger partial charge in [-0.05, 0) is 32.5 Å². The number of nitrogens with zero attached hydrogens (tertiary/aromatic N) is 3. The third kappa shape index (κ3) is 4.19. The average Bonchev–Trinajstić information content (AvgIpc) is 2.57. The van der Waals surface area contributed by atoms with Crippen LogP contribution in [0, 0.1) is 5.92 Å². The Morgan fingerprint density at radius 3 is 2.65 bits per heavy atom. The van der Waals surface area contributed by atoms with Crippen LogP contribution in [0.5, 0.6) is 0 Å². The number of carboxylic acids is 1. The third-order valence-corrected chi connectivity index (χ3v) is 2.43. The number of aromatic carboxylic acids is 1. The summed E-state index contributed by atoms with van der Waals surface area (Å²) in [6.07, 6.45) is 0.815. The van der Waals surface area contributed by atoms with Gasteiger partial charge in [0.2, 0.25) is 0 Å². The SMILES string of the molecule is CC(C)Cc1cc(C(=O)O)n(CCN(C)C)n1. The lowest BCUT2D eigenvalue weighted by Crippen LogP contribution is -2.21. The number of carboxylic acid groups (broad SMARTS) is 1. The van der Waals surface area contributed by atoms with Crippen LogP contribution in [-0.2, 0) is 13.0 Å². The molecule has 0 saturated heterocycles. The van der Waals surface area contributed by atoms with Crippen molar-refractivity contribution in [3.63, 3.8) is 0 Å². The molecule has 96 valence electrons. The number of hydrogen-bond acceptors (Lipinski definition) is 3. The zero-order valence-electron chi connectivity index (χ0n) is 11.0. The first-order valence-corrected chi connectivity index (χ1v) is 5.85. The highest BCUT2D eigenvalue weighted by atomic mass is 16.4. The molecule has 1 rings (SSSR count). The Kier molecular flexibility index (Phi) is 4.69. The molecule has 1 heterocycles. The van der Waals surface area contributed by atoms with Gasteiger partial charge in [0.1, 0.15) is 5.69 Å². The molecule has 17 heavy (non-hydrogen) atoms. The number of rotatable bonds is 6. The fourth-order valence-electron chi connectivity index (χ4n) is 1.63. The van der Waals surface area contributed by atoms with E-state index in [0.29, 0.717) is 12.5 Å². The summed E-state index contributed by atoms with van der Waals surface area (Å²) in [5.74, 6) is -0.430. The van der Waals surface area contributed by atoms with Gasteiger partial charge in [-0.1, -0.05) is 13.8 Å². The predicted molar refractivity (Wildman–Crippen MR) is 66.3 cm³/mol. The summed E-state index contributed by atoms with van der Waals surface area (Å²) in [7, 11) is 3.91. The predicted octanol–water partition coefficient (Wildman–Crippen LogP) is 1.34. The minimum Gasteiger partial charge on any atom is -0.477 e. The number of carbonyl (C=O) groups is 1. The Hall–Kier alpha value is -1.36. The molecule has 0 bridgehead atoms. The van der Waals surface area contributed by atoms with Gasteiger partial charge in [0, 0.05) is 6.54 Å². The highest BCUT2D eigenvalue weighted by molar-refractivity contribution is 5.85. The number of likely N-dealkylation sites (N-methyl/N-ethyl adjacent to an activating group) is 1. The lowest BCUT2D eigenvalue weighted by Gasteiger charge is -2.10.